The van der Waals surface area contributed by atoms with Crippen molar-refractivity contribution in [2.24, 2.45) is 5.92 Å². The summed E-state index contributed by atoms with van der Waals surface area (Å²) in [5.74, 6) is 0.779. The van der Waals surface area contributed by atoms with Crippen LogP contribution in [0.1, 0.15) is 12.8 Å². The van der Waals surface area contributed by atoms with Gasteiger partial charge in [0.05, 0.1) is 11.1 Å². The molecule has 0 aliphatic carbocycles. The maximum atomic E-state index is 12.6. The average molecular weight is 321 g/mol. The van der Waals surface area contributed by atoms with E-state index in [0.717, 1.165) is 25.9 Å². The SMILES string of the molecule is O=S(=O)(NCC1CCCNC1)c1ccccc1-c1ccno1. The van der Waals surface area contributed by atoms with E-state index in [1.807, 2.05) is 0 Å². The molecule has 1 aromatic carbocycles. The van der Waals surface area contributed by atoms with Crippen LogP contribution in [0.4, 0.5) is 0 Å². The summed E-state index contributed by atoms with van der Waals surface area (Å²) in [5.41, 5.74) is 0.522. The minimum Gasteiger partial charge on any atom is -0.356 e. The Hall–Kier alpha value is -1.70. The smallest absolute Gasteiger partial charge is 0.241 e. The Morgan fingerprint density at radius 1 is 1.32 bits per heavy atom. The van der Waals surface area contributed by atoms with Crippen molar-refractivity contribution in [1.82, 2.24) is 15.2 Å². The predicted molar refractivity (Wildman–Crippen MR) is 82.7 cm³/mol. The Labute approximate surface area is 129 Å². The van der Waals surface area contributed by atoms with Gasteiger partial charge in [-0.15, -0.1) is 0 Å². The minimum atomic E-state index is -3.58. The Morgan fingerprint density at radius 2 is 2.18 bits per heavy atom. The van der Waals surface area contributed by atoms with Gasteiger partial charge in [0, 0.05) is 18.2 Å². The lowest BCUT2D eigenvalue weighted by molar-refractivity contribution is 0.376. The highest BCUT2D eigenvalue weighted by atomic mass is 32.2. The second kappa shape index (κ2) is 6.60. The molecule has 2 aromatic rings. The first-order chi connectivity index (χ1) is 10.7. The van der Waals surface area contributed by atoms with Gasteiger partial charge in [-0.1, -0.05) is 17.3 Å². The molecular formula is C15H19N3O3S. The number of nitrogens with zero attached hydrogens (tertiary/aromatic N) is 1. The fourth-order valence-electron chi connectivity index (χ4n) is 2.66. The van der Waals surface area contributed by atoms with Crippen LogP contribution in [-0.2, 0) is 10.0 Å². The molecule has 22 heavy (non-hydrogen) atoms. The molecule has 0 amide bonds. The van der Waals surface area contributed by atoms with Crippen molar-refractivity contribution >= 4 is 10.0 Å². The van der Waals surface area contributed by atoms with Crippen molar-refractivity contribution in [1.29, 1.82) is 0 Å². The van der Waals surface area contributed by atoms with Gasteiger partial charge in [0.15, 0.2) is 5.76 Å². The maximum absolute atomic E-state index is 12.6. The third-order valence-electron chi connectivity index (χ3n) is 3.84. The van der Waals surface area contributed by atoms with Crippen LogP contribution in [0.2, 0.25) is 0 Å². The molecule has 2 heterocycles. The zero-order valence-electron chi connectivity index (χ0n) is 12.2. The minimum absolute atomic E-state index is 0.218. The molecule has 7 heteroatoms. The monoisotopic (exact) mass is 321 g/mol. The third kappa shape index (κ3) is 3.37. The molecule has 0 radical (unpaired) electrons. The number of hydrogen-bond donors (Lipinski definition) is 2. The second-order valence-corrected chi connectivity index (χ2v) is 7.17. The maximum Gasteiger partial charge on any atom is 0.241 e. The van der Waals surface area contributed by atoms with Crippen molar-refractivity contribution in [3.8, 4) is 11.3 Å². The van der Waals surface area contributed by atoms with Gasteiger partial charge in [0.2, 0.25) is 10.0 Å². The average Bonchev–Trinajstić information content (AvgIpc) is 3.08. The van der Waals surface area contributed by atoms with Crippen LogP contribution >= 0.6 is 0 Å². The molecule has 6 nitrogen and oxygen atoms in total. The van der Waals surface area contributed by atoms with Crippen LogP contribution in [0.5, 0.6) is 0 Å². The van der Waals surface area contributed by atoms with E-state index in [1.54, 1.807) is 30.3 Å². The van der Waals surface area contributed by atoms with Gasteiger partial charge in [-0.2, -0.15) is 0 Å². The normalized spacial score (nSPS) is 19.2. The van der Waals surface area contributed by atoms with E-state index in [1.165, 1.54) is 6.20 Å². The van der Waals surface area contributed by atoms with Gasteiger partial charge in [0.25, 0.3) is 0 Å². The van der Waals surface area contributed by atoms with Crippen LogP contribution in [0.3, 0.4) is 0 Å². The number of rotatable bonds is 5. The number of nitrogens with one attached hydrogen (secondary N) is 2. The highest BCUT2D eigenvalue weighted by Gasteiger charge is 2.22. The molecule has 1 aliphatic rings. The second-order valence-electron chi connectivity index (χ2n) is 5.44. The highest BCUT2D eigenvalue weighted by molar-refractivity contribution is 7.89. The molecule has 1 saturated heterocycles. The first-order valence-electron chi connectivity index (χ1n) is 7.37. The van der Waals surface area contributed by atoms with E-state index in [9.17, 15) is 8.42 Å². The number of hydrogen-bond acceptors (Lipinski definition) is 5. The van der Waals surface area contributed by atoms with Gasteiger partial charge in [-0.3, -0.25) is 0 Å². The summed E-state index contributed by atoms with van der Waals surface area (Å²) >= 11 is 0. The van der Waals surface area contributed by atoms with Gasteiger partial charge in [0.1, 0.15) is 0 Å². The van der Waals surface area contributed by atoms with Gasteiger partial charge < -0.3 is 9.84 Å². The van der Waals surface area contributed by atoms with Gasteiger partial charge >= 0.3 is 0 Å². The third-order valence-corrected chi connectivity index (χ3v) is 5.32. The zero-order chi connectivity index (χ0) is 15.4. The Morgan fingerprint density at radius 3 is 2.91 bits per heavy atom. The van der Waals surface area contributed by atoms with Gasteiger partial charge in [-0.25, -0.2) is 13.1 Å². The van der Waals surface area contributed by atoms with Crippen LogP contribution in [0.15, 0.2) is 45.9 Å². The standard InChI is InChI=1S/C15H19N3O3S/c19-22(20,18-11-12-4-3-8-16-10-12)15-6-2-1-5-13(15)14-7-9-17-21-14/h1-2,5-7,9,12,16,18H,3-4,8,10-11H2. The van der Waals surface area contributed by atoms with Crippen LogP contribution in [0, 0.1) is 5.92 Å². The van der Waals surface area contributed by atoms with E-state index in [0.29, 0.717) is 23.8 Å². The lowest BCUT2D eigenvalue weighted by atomic mass is 10.0. The summed E-state index contributed by atoms with van der Waals surface area (Å²) in [6.07, 6.45) is 3.63. The summed E-state index contributed by atoms with van der Waals surface area (Å²) in [7, 11) is -3.58. The fraction of sp³-hybridized carbons (Fsp3) is 0.400. The topological polar surface area (TPSA) is 84.2 Å². The molecule has 3 rings (SSSR count). The summed E-state index contributed by atoms with van der Waals surface area (Å²) in [4.78, 5) is 0.218. The van der Waals surface area contributed by atoms with E-state index < -0.39 is 10.0 Å². The van der Waals surface area contributed by atoms with Crippen molar-refractivity contribution in [2.75, 3.05) is 19.6 Å². The Bertz CT molecular complexity index is 707. The van der Waals surface area contributed by atoms with Crippen molar-refractivity contribution in [2.45, 2.75) is 17.7 Å². The zero-order valence-corrected chi connectivity index (χ0v) is 13.0. The first kappa shape index (κ1) is 15.2. The summed E-state index contributed by atoms with van der Waals surface area (Å²) in [6.45, 7) is 2.31. The molecule has 0 saturated carbocycles. The Kier molecular flexibility index (Phi) is 4.56. The Balaban J connectivity index is 1.80. The van der Waals surface area contributed by atoms with Crippen molar-refractivity contribution < 1.29 is 12.9 Å². The summed E-state index contributed by atoms with van der Waals surface area (Å²) in [6, 6.07) is 8.44. The van der Waals surface area contributed by atoms with E-state index in [2.05, 4.69) is 15.2 Å². The fourth-order valence-corrected chi connectivity index (χ4v) is 3.99. The van der Waals surface area contributed by atoms with E-state index in [4.69, 9.17) is 4.52 Å². The predicted octanol–water partition coefficient (Wildman–Crippen LogP) is 1.62. The molecule has 1 aliphatic heterocycles. The largest absolute Gasteiger partial charge is 0.356 e. The molecule has 1 atom stereocenters. The molecule has 0 spiro atoms. The summed E-state index contributed by atoms with van der Waals surface area (Å²) in [5, 5.41) is 6.93. The van der Waals surface area contributed by atoms with Crippen LogP contribution < -0.4 is 10.0 Å². The molecular weight excluding hydrogens is 302 g/mol. The first-order valence-corrected chi connectivity index (χ1v) is 8.85. The number of sulfonamides is 1. The number of benzene rings is 1. The van der Waals surface area contributed by atoms with Crippen molar-refractivity contribution in [3.63, 3.8) is 0 Å². The molecule has 2 N–H and O–H groups in total. The lowest BCUT2D eigenvalue weighted by Gasteiger charge is -2.23. The summed E-state index contributed by atoms with van der Waals surface area (Å²) < 4.78 is 33.0. The van der Waals surface area contributed by atoms with Crippen LogP contribution in [-0.4, -0.2) is 33.2 Å². The van der Waals surface area contributed by atoms with Gasteiger partial charge in [-0.05, 0) is 44.0 Å². The van der Waals surface area contributed by atoms with Crippen LogP contribution in [0.25, 0.3) is 11.3 Å². The lowest BCUT2D eigenvalue weighted by Crippen LogP contribution is -2.38. The quantitative estimate of drug-likeness (QED) is 0.874. The van der Waals surface area contributed by atoms with E-state index >= 15 is 0 Å². The molecule has 1 fully saturated rings. The van der Waals surface area contributed by atoms with Crippen molar-refractivity contribution in [3.05, 3.63) is 36.5 Å². The molecule has 0 bridgehead atoms. The molecule has 1 unspecified atom stereocenters. The molecule has 118 valence electrons. The number of piperidine rings is 1. The van der Waals surface area contributed by atoms with E-state index in [-0.39, 0.29) is 4.90 Å². The highest BCUT2D eigenvalue weighted by Crippen LogP contribution is 2.26. The molecule has 1 aromatic heterocycles. The number of aromatic nitrogens is 1.